The molecular weight excluding hydrogens is 274 g/mol. The Hall–Kier alpha value is -1.49. The second kappa shape index (κ2) is 6.31. The van der Waals surface area contributed by atoms with E-state index in [1.54, 1.807) is 18.7 Å². The number of esters is 1. The average Bonchev–Trinajstić information content (AvgIpc) is 2.44. The van der Waals surface area contributed by atoms with Crippen molar-refractivity contribution in [3.8, 4) is 0 Å². The van der Waals surface area contributed by atoms with Gasteiger partial charge >= 0.3 is 5.97 Å². The fourth-order valence-corrected chi connectivity index (χ4v) is 2.99. The molecule has 1 atom stereocenters. The van der Waals surface area contributed by atoms with Crippen LogP contribution >= 0.6 is 11.8 Å². The Morgan fingerprint density at radius 3 is 2.60 bits per heavy atom. The smallest absolute Gasteiger partial charge is 0.331 e. The molecule has 1 fully saturated rings. The maximum atomic E-state index is 12.2. The van der Waals surface area contributed by atoms with Crippen molar-refractivity contribution in [2.24, 2.45) is 0 Å². The lowest BCUT2D eigenvalue weighted by Gasteiger charge is -2.48. The number of nitrogens with zero attached hydrogens (tertiary/aromatic N) is 1. The van der Waals surface area contributed by atoms with Gasteiger partial charge in [-0.05, 0) is 32.4 Å². The number of hydrogen-bond donors (Lipinski definition) is 0. The van der Waals surface area contributed by atoms with Crippen LogP contribution < -0.4 is 0 Å². The third-order valence-corrected chi connectivity index (χ3v) is 4.54. The minimum absolute atomic E-state index is 0.0133. The molecule has 0 N–H and O–H groups in total. The van der Waals surface area contributed by atoms with Crippen molar-refractivity contribution < 1.29 is 14.3 Å². The van der Waals surface area contributed by atoms with Crippen LogP contribution in [0.2, 0.25) is 0 Å². The number of ether oxygens (including phenoxy) is 1. The van der Waals surface area contributed by atoms with Gasteiger partial charge in [0.1, 0.15) is 5.54 Å². The number of amides is 1. The summed E-state index contributed by atoms with van der Waals surface area (Å²) < 4.78 is 5.05. The molecule has 1 amide bonds. The fourth-order valence-electron chi connectivity index (χ4n) is 2.20. The third-order valence-electron chi connectivity index (χ3n) is 3.54. The lowest BCUT2D eigenvalue weighted by Crippen LogP contribution is -2.65. The van der Waals surface area contributed by atoms with Crippen LogP contribution in [0.25, 0.3) is 0 Å². The highest BCUT2D eigenvalue weighted by Gasteiger charge is 2.50. The SMILES string of the molecule is CCOC(=O)C1(C)CCN1C(=O)CSc1ccccc1. The molecule has 0 spiro atoms. The first kappa shape index (κ1) is 14.9. The van der Waals surface area contributed by atoms with Crippen molar-refractivity contribution >= 4 is 23.6 Å². The first-order valence-electron chi connectivity index (χ1n) is 6.73. The van der Waals surface area contributed by atoms with Gasteiger partial charge in [-0.25, -0.2) is 4.79 Å². The molecule has 5 heteroatoms. The number of carbonyl (C=O) groups excluding carboxylic acids is 2. The van der Waals surface area contributed by atoms with Crippen molar-refractivity contribution in [2.45, 2.75) is 30.7 Å². The molecule has 0 aliphatic carbocycles. The molecule has 1 aliphatic rings. The zero-order valence-corrected chi connectivity index (χ0v) is 12.6. The number of hydrogen-bond acceptors (Lipinski definition) is 4. The lowest BCUT2D eigenvalue weighted by molar-refractivity contribution is -0.172. The second-order valence-electron chi connectivity index (χ2n) is 4.89. The van der Waals surface area contributed by atoms with Crippen molar-refractivity contribution in [1.82, 2.24) is 4.90 Å². The van der Waals surface area contributed by atoms with Gasteiger partial charge in [0.15, 0.2) is 0 Å². The summed E-state index contributed by atoms with van der Waals surface area (Å²) in [6, 6.07) is 9.77. The van der Waals surface area contributed by atoms with Gasteiger partial charge in [0, 0.05) is 11.4 Å². The molecule has 0 aromatic heterocycles. The topological polar surface area (TPSA) is 46.6 Å². The van der Waals surface area contributed by atoms with E-state index >= 15 is 0 Å². The van der Waals surface area contributed by atoms with Gasteiger partial charge in [0.25, 0.3) is 0 Å². The Morgan fingerprint density at radius 2 is 2.05 bits per heavy atom. The normalized spacial score (nSPS) is 21.2. The number of rotatable bonds is 5. The van der Waals surface area contributed by atoms with Gasteiger partial charge in [-0.2, -0.15) is 0 Å². The highest BCUT2D eigenvalue weighted by molar-refractivity contribution is 8.00. The third kappa shape index (κ3) is 2.98. The molecule has 2 rings (SSSR count). The van der Waals surface area contributed by atoms with Crippen LogP contribution in [0.5, 0.6) is 0 Å². The van der Waals surface area contributed by atoms with Crippen LogP contribution in [0.4, 0.5) is 0 Å². The summed E-state index contributed by atoms with van der Waals surface area (Å²) >= 11 is 1.49. The Bertz CT molecular complexity index is 491. The van der Waals surface area contributed by atoms with Gasteiger partial charge in [-0.1, -0.05) is 18.2 Å². The molecule has 1 heterocycles. The zero-order valence-electron chi connectivity index (χ0n) is 11.8. The number of likely N-dealkylation sites (tertiary alicyclic amines) is 1. The molecule has 1 aromatic carbocycles. The second-order valence-corrected chi connectivity index (χ2v) is 5.94. The van der Waals surface area contributed by atoms with E-state index in [4.69, 9.17) is 4.74 Å². The molecule has 1 aromatic rings. The summed E-state index contributed by atoms with van der Waals surface area (Å²) in [6.07, 6.45) is 0.674. The Balaban J connectivity index is 1.91. The minimum Gasteiger partial charge on any atom is -0.464 e. The van der Waals surface area contributed by atoms with Gasteiger partial charge in [0.05, 0.1) is 12.4 Å². The monoisotopic (exact) mass is 293 g/mol. The van der Waals surface area contributed by atoms with E-state index < -0.39 is 5.54 Å². The van der Waals surface area contributed by atoms with Crippen LogP contribution in [-0.4, -0.2) is 41.2 Å². The molecule has 20 heavy (non-hydrogen) atoms. The summed E-state index contributed by atoms with van der Waals surface area (Å²) in [7, 11) is 0. The first-order valence-corrected chi connectivity index (χ1v) is 7.72. The average molecular weight is 293 g/mol. The molecule has 1 aliphatic heterocycles. The number of thioether (sulfide) groups is 1. The van der Waals surface area contributed by atoms with Gasteiger partial charge in [0.2, 0.25) is 5.91 Å². The van der Waals surface area contributed by atoms with Crippen LogP contribution in [0, 0.1) is 0 Å². The van der Waals surface area contributed by atoms with Crippen molar-refractivity contribution in [3.63, 3.8) is 0 Å². The van der Waals surface area contributed by atoms with E-state index in [1.807, 2.05) is 30.3 Å². The van der Waals surface area contributed by atoms with Crippen molar-refractivity contribution in [3.05, 3.63) is 30.3 Å². The molecule has 108 valence electrons. The first-order chi connectivity index (χ1) is 9.58. The predicted octanol–water partition coefficient (Wildman–Crippen LogP) is 2.33. The largest absolute Gasteiger partial charge is 0.464 e. The van der Waals surface area contributed by atoms with E-state index in [0.29, 0.717) is 25.3 Å². The van der Waals surface area contributed by atoms with Crippen LogP contribution in [0.3, 0.4) is 0 Å². The minimum atomic E-state index is -0.773. The summed E-state index contributed by atoms with van der Waals surface area (Å²) in [5.74, 6) is 0.0314. The van der Waals surface area contributed by atoms with E-state index in [0.717, 1.165) is 4.90 Å². The maximum absolute atomic E-state index is 12.2. The van der Waals surface area contributed by atoms with Crippen LogP contribution in [0.15, 0.2) is 35.2 Å². The van der Waals surface area contributed by atoms with Gasteiger partial charge in [-0.3, -0.25) is 4.79 Å². The van der Waals surface area contributed by atoms with Crippen LogP contribution in [-0.2, 0) is 14.3 Å². The highest BCUT2D eigenvalue weighted by atomic mass is 32.2. The Labute approximate surface area is 123 Å². The summed E-state index contributed by atoms with van der Waals surface area (Å²) in [4.78, 5) is 26.8. The van der Waals surface area contributed by atoms with E-state index in [1.165, 1.54) is 11.8 Å². The number of carbonyl (C=O) groups is 2. The summed E-state index contributed by atoms with van der Waals surface area (Å²) in [6.45, 7) is 4.52. The van der Waals surface area contributed by atoms with E-state index in [-0.39, 0.29) is 11.9 Å². The molecule has 1 saturated heterocycles. The number of benzene rings is 1. The van der Waals surface area contributed by atoms with Gasteiger partial charge < -0.3 is 9.64 Å². The van der Waals surface area contributed by atoms with E-state index in [9.17, 15) is 9.59 Å². The Morgan fingerprint density at radius 1 is 1.35 bits per heavy atom. The quantitative estimate of drug-likeness (QED) is 0.617. The molecule has 0 bridgehead atoms. The van der Waals surface area contributed by atoms with Crippen molar-refractivity contribution in [1.29, 1.82) is 0 Å². The molecule has 0 saturated carbocycles. The van der Waals surface area contributed by atoms with Crippen LogP contribution in [0.1, 0.15) is 20.3 Å². The zero-order chi connectivity index (χ0) is 14.6. The van der Waals surface area contributed by atoms with Gasteiger partial charge in [-0.15, -0.1) is 11.8 Å². The molecule has 0 radical (unpaired) electrons. The maximum Gasteiger partial charge on any atom is 0.331 e. The summed E-state index contributed by atoms with van der Waals surface area (Å²) in [5, 5.41) is 0. The van der Waals surface area contributed by atoms with E-state index in [2.05, 4.69) is 0 Å². The van der Waals surface area contributed by atoms with Crippen molar-refractivity contribution in [2.75, 3.05) is 18.9 Å². The lowest BCUT2D eigenvalue weighted by atomic mass is 9.86. The molecule has 1 unspecified atom stereocenters. The molecular formula is C15H19NO3S. The molecule has 4 nitrogen and oxygen atoms in total. The highest BCUT2D eigenvalue weighted by Crippen LogP contribution is 2.32. The fraction of sp³-hybridized carbons (Fsp3) is 0.467. The summed E-state index contributed by atoms with van der Waals surface area (Å²) in [5.41, 5.74) is -0.773. The standard InChI is InChI=1S/C15H19NO3S/c1-3-19-14(18)15(2)9-10-16(15)13(17)11-20-12-7-5-4-6-8-12/h4-8H,3,9-11H2,1-2H3. The predicted molar refractivity (Wildman–Crippen MR) is 78.5 cm³/mol. The Kier molecular flexibility index (Phi) is 4.70.